The van der Waals surface area contributed by atoms with E-state index < -0.39 is 5.41 Å². The summed E-state index contributed by atoms with van der Waals surface area (Å²) in [6, 6.07) is 102. The van der Waals surface area contributed by atoms with Crippen LogP contribution in [0.15, 0.2) is 267 Å². The first-order valence-corrected chi connectivity index (χ1v) is 24.2. The first-order chi connectivity index (χ1) is 35.2. The van der Waals surface area contributed by atoms with Crippen LogP contribution in [0.2, 0.25) is 0 Å². The fourth-order valence-corrected chi connectivity index (χ4v) is 11.0. The van der Waals surface area contributed by atoms with Crippen LogP contribution in [0, 0.1) is 12.1 Å². The monoisotopic (exact) mass is 1100 g/mol. The number of anilines is 4. The summed E-state index contributed by atoms with van der Waals surface area (Å²) in [5, 5.41) is 2.25. The van der Waals surface area contributed by atoms with Gasteiger partial charge in [-0.1, -0.05) is 199 Å². The number of hydrogen-bond donors (Lipinski definition) is 0. The largest absolute Gasteiger partial charge is 2.00 e. The average molecular weight is 1100 g/mol. The molecule has 4 nitrogen and oxygen atoms in total. The summed E-state index contributed by atoms with van der Waals surface area (Å²) in [7, 11) is 0. The van der Waals surface area contributed by atoms with E-state index in [2.05, 4.69) is 287 Å². The van der Waals surface area contributed by atoms with Crippen molar-refractivity contribution in [1.29, 1.82) is 0 Å². The van der Waals surface area contributed by atoms with E-state index in [-0.39, 0.29) is 21.1 Å². The van der Waals surface area contributed by atoms with Crippen LogP contribution in [0.5, 0.6) is 0 Å². The van der Waals surface area contributed by atoms with Crippen molar-refractivity contribution in [3.8, 4) is 39.2 Å². The zero-order chi connectivity index (χ0) is 47.1. The fraction of sp³-hybridized carbons (Fsp3) is 0.0299. The van der Waals surface area contributed by atoms with Gasteiger partial charge < -0.3 is 14.4 Å². The molecule has 0 saturated heterocycles. The maximum Gasteiger partial charge on any atom is 2.00 e. The van der Waals surface area contributed by atoms with E-state index in [0.29, 0.717) is 6.67 Å². The molecule has 0 N–H and O–H groups in total. The number of nitrogens with zero attached hydrogens (tertiary/aromatic N) is 4. The average Bonchev–Trinajstić information content (AvgIpc) is 4.01. The molecule has 0 unspecified atom stereocenters. The molecular weight excluding hydrogens is 1060 g/mol. The second-order valence-corrected chi connectivity index (χ2v) is 18.1. The Kier molecular flexibility index (Phi) is 11.8. The first kappa shape index (κ1) is 44.6. The molecule has 0 radical (unpaired) electrons. The molecule has 0 bridgehead atoms. The summed E-state index contributed by atoms with van der Waals surface area (Å²) in [6.45, 7) is 0.653. The van der Waals surface area contributed by atoms with Gasteiger partial charge in [0.15, 0.2) is 0 Å². The number of pyridine rings is 1. The Labute approximate surface area is 435 Å². The van der Waals surface area contributed by atoms with Gasteiger partial charge in [-0.15, -0.1) is 22.6 Å². The molecule has 10 aromatic carbocycles. The number of aromatic nitrogens is 2. The van der Waals surface area contributed by atoms with Crippen molar-refractivity contribution < 1.29 is 21.1 Å². The molecule has 0 spiro atoms. The van der Waals surface area contributed by atoms with Crippen LogP contribution in [-0.4, -0.2) is 16.2 Å². The smallest absolute Gasteiger partial charge is 0.345 e. The van der Waals surface area contributed by atoms with Crippen molar-refractivity contribution in [3.63, 3.8) is 0 Å². The van der Waals surface area contributed by atoms with Gasteiger partial charge in [-0.25, -0.2) is 4.98 Å². The Bertz CT molecular complexity index is 3760. The predicted molar refractivity (Wildman–Crippen MR) is 293 cm³/mol. The number of hydrogen-bond acceptors (Lipinski definition) is 3. The van der Waals surface area contributed by atoms with Gasteiger partial charge in [-0.05, 0) is 92.4 Å². The predicted octanol–water partition coefficient (Wildman–Crippen LogP) is 16.4. The van der Waals surface area contributed by atoms with Crippen LogP contribution in [0.1, 0.15) is 22.3 Å². The maximum absolute atomic E-state index is 5.21. The summed E-state index contributed by atoms with van der Waals surface area (Å²) >= 11 is 0. The molecule has 13 rings (SSSR count). The van der Waals surface area contributed by atoms with E-state index in [9.17, 15) is 0 Å². The van der Waals surface area contributed by atoms with Gasteiger partial charge in [0.1, 0.15) is 5.82 Å². The molecule has 1 aliphatic heterocycles. The van der Waals surface area contributed by atoms with Gasteiger partial charge in [0, 0.05) is 22.8 Å². The zero-order valence-corrected chi connectivity index (χ0v) is 41.5. The number of benzene rings is 10. The summed E-state index contributed by atoms with van der Waals surface area (Å²) in [6.07, 6.45) is 1.96. The topological polar surface area (TPSA) is 24.3 Å². The van der Waals surface area contributed by atoms with Crippen LogP contribution in [0.4, 0.5) is 22.7 Å². The quantitative estimate of drug-likeness (QED) is 0.101. The van der Waals surface area contributed by atoms with Crippen LogP contribution >= 0.6 is 0 Å². The second kappa shape index (κ2) is 19.0. The summed E-state index contributed by atoms with van der Waals surface area (Å²) in [4.78, 5) is 9.97. The summed E-state index contributed by atoms with van der Waals surface area (Å²) in [5.74, 6) is 0.818. The van der Waals surface area contributed by atoms with Gasteiger partial charge in [-0.3, -0.25) is 0 Å². The minimum Gasteiger partial charge on any atom is -0.345 e. The molecule has 72 heavy (non-hydrogen) atoms. The van der Waals surface area contributed by atoms with E-state index in [1.165, 1.54) is 16.8 Å². The third-order valence-corrected chi connectivity index (χ3v) is 14.2. The Hall–Kier alpha value is -8.56. The van der Waals surface area contributed by atoms with E-state index in [1.54, 1.807) is 0 Å². The third kappa shape index (κ3) is 7.55. The molecule has 2 aromatic heterocycles. The summed E-state index contributed by atoms with van der Waals surface area (Å²) in [5.41, 5.74) is 16.8. The van der Waals surface area contributed by atoms with E-state index >= 15 is 0 Å². The van der Waals surface area contributed by atoms with Crippen molar-refractivity contribution in [2.45, 2.75) is 5.41 Å². The minimum atomic E-state index is -0.832. The SMILES string of the molecule is [Pt+2].[c-]1c(N2CN(c3ccccc3)c3ccccc32)cccc1C(c1[c-]c2c(cc1)c1ccccc1n2-c1cc(-c2c(-c3ccccc3)cccc2-c2ccccc2)ccn1)(c1ccccc1)c1ccccc1. The van der Waals surface area contributed by atoms with Gasteiger partial charge in [0.05, 0.1) is 18.0 Å². The van der Waals surface area contributed by atoms with E-state index in [1.807, 2.05) is 6.20 Å². The Balaban J connectivity index is 0.00000530. The number of para-hydroxylation sites is 4. The van der Waals surface area contributed by atoms with E-state index in [4.69, 9.17) is 4.98 Å². The van der Waals surface area contributed by atoms with Crippen LogP contribution < -0.4 is 9.80 Å². The Morgan fingerprint density at radius 1 is 0.417 bits per heavy atom. The molecule has 0 saturated carbocycles. The van der Waals surface area contributed by atoms with Crippen LogP contribution in [0.3, 0.4) is 0 Å². The van der Waals surface area contributed by atoms with Crippen molar-refractivity contribution >= 4 is 44.6 Å². The fourth-order valence-electron chi connectivity index (χ4n) is 11.0. The van der Waals surface area contributed by atoms with Crippen molar-refractivity contribution in [1.82, 2.24) is 9.55 Å². The number of fused-ring (bicyclic) bond motifs is 4. The molecule has 0 amide bonds. The van der Waals surface area contributed by atoms with Crippen molar-refractivity contribution in [3.05, 3.63) is 301 Å². The standard InChI is InChI=1S/C67H46N4.Pt/c1-6-22-48(23-7-1)57-35-21-36-58(49-24-8-2-9-25-49)66(57)50-42-43-68-65(44-50)71-61-37-17-16-34-59(61)60-41-40-54(46-64(60)71)67(51-26-10-3-11-27-51,52-28-12-4-13-29-52)53-30-20-33-56(45-53)70-47-69(55-31-14-5-15-32-55)62-38-18-19-39-63(62)70;/h1-44H,47H2;/q-2;+2. The Morgan fingerprint density at radius 2 is 0.958 bits per heavy atom. The van der Waals surface area contributed by atoms with Crippen LogP contribution in [0.25, 0.3) is 61.0 Å². The molecule has 12 aromatic rings. The summed E-state index contributed by atoms with van der Waals surface area (Å²) < 4.78 is 2.31. The second-order valence-electron chi connectivity index (χ2n) is 18.1. The van der Waals surface area contributed by atoms with Crippen molar-refractivity contribution in [2.24, 2.45) is 0 Å². The normalized spacial score (nSPS) is 12.2. The maximum atomic E-state index is 5.21. The van der Waals surface area contributed by atoms with Crippen LogP contribution in [-0.2, 0) is 26.5 Å². The van der Waals surface area contributed by atoms with Crippen molar-refractivity contribution in [2.75, 3.05) is 16.5 Å². The minimum absolute atomic E-state index is 0. The molecule has 3 heterocycles. The van der Waals surface area contributed by atoms with Gasteiger partial charge >= 0.3 is 21.1 Å². The molecular formula is C67H46N4Pt. The van der Waals surface area contributed by atoms with Gasteiger partial charge in [0.25, 0.3) is 0 Å². The molecule has 1 aliphatic rings. The molecule has 0 aliphatic carbocycles. The molecule has 0 atom stereocenters. The molecule has 344 valence electrons. The Morgan fingerprint density at radius 3 is 1.61 bits per heavy atom. The third-order valence-electron chi connectivity index (χ3n) is 14.2. The molecule has 0 fully saturated rings. The van der Waals surface area contributed by atoms with Gasteiger partial charge in [-0.2, -0.15) is 36.4 Å². The van der Waals surface area contributed by atoms with Gasteiger partial charge in [0.2, 0.25) is 0 Å². The van der Waals surface area contributed by atoms with E-state index in [0.717, 1.165) is 89.2 Å². The zero-order valence-electron chi connectivity index (χ0n) is 39.2. The number of rotatable bonds is 10. The molecule has 5 heteroatoms. The first-order valence-electron chi connectivity index (χ1n) is 24.2.